The van der Waals surface area contributed by atoms with Crippen LogP contribution in [0.5, 0.6) is 0 Å². The highest BCUT2D eigenvalue weighted by molar-refractivity contribution is 7.97. The second-order valence-corrected chi connectivity index (χ2v) is 6.97. The molecule has 150 valence electrons. The van der Waals surface area contributed by atoms with Crippen LogP contribution in [0.25, 0.3) is 5.69 Å². The van der Waals surface area contributed by atoms with Crippen LogP contribution in [0.2, 0.25) is 10.0 Å². The van der Waals surface area contributed by atoms with Gasteiger partial charge in [0, 0.05) is 5.75 Å². The van der Waals surface area contributed by atoms with Crippen molar-refractivity contribution in [3.63, 3.8) is 0 Å². The van der Waals surface area contributed by atoms with Crippen LogP contribution in [-0.2, 0) is 11.9 Å². The first-order valence-corrected chi connectivity index (χ1v) is 9.63. The van der Waals surface area contributed by atoms with Crippen LogP contribution in [0.1, 0.15) is 17.0 Å². The standard InChI is InChI=1S/C16H10Cl2F3N7S/c1-29-7-14-13(6-25-12(5-23)11(24)4-22)26-28(27-14)15-9(17)2-8(3-10(15)18)16(19,20)21/h2-3,6H,7,24H2,1H3/b12-11-,25-6?. The Morgan fingerprint density at radius 2 is 1.90 bits per heavy atom. The number of halogens is 5. The van der Waals surface area contributed by atoms with E-state index in [-0.39, 0.29) is 32.8 Å². The van der Waals surface area contributed by atoms with Gasteiger partial charge in [0.05, 0.1) is 21.8 Å². The van der Waals surface area contributed by atoms with Crippen molar-refractivity contribution < 1.29 is 13.2 Å². The highest BCUT2D eigenvalue weighted by Gasteiger charge is 2.32. The van der Waals surface area contributed by atoms with Gasteiger partial charge in [-0.3, -0.25) is 0 Å². The first-order chi connectivity index (χ1) is 13.6. The molecule has 7 nitrogen and oxygen atoms in total. The third-order valence-corrected chi connectivity index (χ3v) is 4.47. The molecule has 2 rings (SSSR count). The van der Waals surface area contributed by atoms with Gasteiger partial charge in [0.25, 0.3) is 0 Å². The van der Waals surface area contributed by atoms with Crippen LogP contribution in [-0.4, -0.2) is 27.5 Å². The van der Waals surface area contributed by atoms with Gasteiger partial charge in [-0.05, 0) is 18.4 Å². The fourth-order valence-corrected chi connectivity index (χ4v) is 3.16. The van der Waals surface area contributed by atoms with E-state index in [1.54, 1.807) is 18.4 Å². The first kappa shape index (κ1) is 22.6. The molecule has 0 bridgehead atoms. The fourth-order valence-electron chi connectivity index (χ4n) is 2.05. The minimum absolute atomic E-state index is 0.0454. The van der Waals surface area contributed by atoms with E-state index in [9.17, 15) is 13.2 Å². The molecule has 0 aliphatic heterocycles. The predicted molar refractivity (Wildman–Crippen MR) is 104 cm³/mol. The van der Waals surface area contributed by atoms with Crippen LogP contribution in [0.4, 0.5) is 13.2 Å². The average molecular weight is 460 g/mol. The molecule has 2 N–H and O–H groups in total. The maximum Gasteiger partial charge on any atom is 0.416 e. The smallest absolute Gasteiger partial charge is 0.388 e. The third kappa shape index (κ3) is 5.21. The summed E-state index contributed by atoms with van der Waals surface area (Å²) in [6, 6.07) is 4.72. The Bertz CT molecular complexity index is 1050. The zero-order chi connectivity index (χ0) is 21.8. The summed E-state index contributed by atoms with van der Waals surface area (Å²) in [6.07, 6.45) is -1.65. The topological polar surface area (TPSA) is 117 Å². The maximum absolute atomic E-state index is 12.9. The lowest BCUT2D eigenvalue weighted by Crippen LogP contribution is -2.08. The Balaban J connectivity index is 2.57. The molecule has 0 aliphatic rings. The molecule has 0 atom stereocenters. The zero-order valence-electron chi connectivity index (χ0n) is 14.5. The van der Waals surface area contributed by atoms with Crippen molar-refractivity contribution in [1.82, 2.24) is 15.0 Å². The molecule has 1 aromatic carbocycles. The lowest BCUT2D eigenvalue weighted by molar-refractivity contribution is -0.137. The Kier molecular flexibility index (Phi) is 7.14. The van der Waals surface area contributed by atoms with Gasteiger partial charge in [0.15, 0.2) is 5.70 Å². The summed E-state index contributed by atoms with van der Waals surface area (Å²) in [6.45, 7) is 0. The highest BCUT2D eigenvalue weighted by Crippen LogP contribution is 2.37. The summed E-state index contributed by atoms with van der Waals surface area (Å²) < 4.78 is 38.7. The summed E-state index contributed by atoms with van der Waals surface area (Å²) in [7, 11) is 0. The zero-order valence-corrected chi connectivity index (χ0v) is 16.8. The van der Waals surface area contributed by atoms with Gasteiger partial charge in [-0.25, -0.2) is 4.99 Å². The SMILES string of the molecule is CSCc1nn(-c2c(Cl)cc(C(F)(F)F)cc2Cl)nc1C=N/C(C#N)=C(\N)C#N. The van der Waals surface area contributed by atoms with E-state index < -0.39 is 11.7 Å². The van der Waals surface area contributed by atoms with E-state index >= 15 is 0 Å². The lowest BCUT2D eigenvalue weighted by atomic mass is 10.2. The number of nitriles is 2. The quantitative estimate of drug-likeness (QED) is 0.531. The van der Waals surface area contributed by atoms with E-state index in [0.29, 0.717) is 11.4 Å². The minimum Gasteiger partial charge on any atom is -0.388 e. The maximum atomic E-state index is 12.9. The molecular formula is C16H10Cl2F3N7S. The number of nitrogens with zero attached hydrogens (tertiary/aromatic N) is 6. The number of benzene rings is 1. The van der Waals surface area contributed by atoms with Crippen molar-refractivity contribution >= 4 is 41.2 Å². The molecule has 2 aromatic rings. The minimum atomic E-state index is -4.62. The number of thioether (sulfide) groups is 1. The summed E-state index contributed by atoms with van der Waals surface area (Å²) in [5.74, 6) is 0.372. The largest absolute Gasteiger partial charge is 0.416 e. The van der Waals surface area contributed by atoms with Gasteiger partial charge < -0.3 is 5.73 Å². The van der Waals surface area contributed by atoms with Gasteiger partial charge in [-0.15, -0.1) is 9.90 Å². The second kappa shape index (κ2) is 9.18. The van der Waals surface area contributed by atoms with Crippen molar-refractivity contribution in [2.45, 2.75) is 11.9 Å². The van der Waals surface area contributed by atoms with Crippen LogP contribution in [0, 0.1) is 22.7 Å². The van der Waals surface area contributed by atoms with Gasteiger partial charge in [0.2, 0.25) is 0 Å². The Hall–Kier alpha value is -2.73. The van der Waals surface area contributed by atoms with Crippen LogP contribution in [0.15, 0.2) is 28.5 Å². The van der Waals surface area contributed by atoms with Crippen LogP contribution in [0.3, 0.4) is 0 Å². The van der Waals surface area contributed by atoms with Crippen LogP contribution < -0.4 is 5.73 Å². The van der Waals surface area contributed by atoms with E-state index in [0.717, 1.165) is 16.9 Å². The number of alkyl halides is 3. The normalized spacial score (nSPS) is 12.6. The average Bonchev–Trinajstić information content (AvgIpc) is 3.03. The van der Waals surface area contributed by atoms with Gasteiger partial charge in [0.1, 0.15) is 34.9 Å². The number of aromatic nitrogens is 3. The number of rotatable bonds is 5. The molecule has 13 heteroatoms. The van der Waals surface area contributed by atoms with Gasteiger partial charge in [-0.1, -0.05) is 23.2 Å². The molecule has 0 spiro atoms. The summed E-state index contributed by atoms with van der Waals surface area (Å²) in [4.78, 5) is 4.82. The predicted octanol–water partition coefficient (Wildman–Crippen LogP) is 4.09. The van der Waals surface area contributed by atoms with E-state index in [4.69, 9.17) is 39.5 Å². The molecule has 0 amide bonds. The molecule has 0 saturated heterocycles. The molecule has 0 radical (unpaired) electrons. The fraction of sp³-hybridized carbons (Fsp3) is 0.188. The highest BCUT2D eigenvalue weighted by atomic mass is 35.5. The van der Waals surface area contributed by atoms with Crippen molar-refractivity contribution in [1.29, 1.82) is 10.5 Å². The van der Waals surface area contributed by atoms with Gasteiger partial charge >= 0.3 is 6.18 Å². The first-order valence-electron chi connectivity index (χ1n) is 7.48. The molecule has 29 heavy (non-hydrogen) atoms. The molecule has 0 fully saturated rings. The summed E-state index contributed by atoms with van der Waals surface area (Å²) >= 11 is 13.4. The monoisotopic (exact) mass is 459 g/mol. The lowest BCUT2D eigenvalue weighted by Gasteiger charge is -2.11. The molecule has 0 saturated carbocycles. The number of allylic oxidation sites excluding steroid dienone is 2. The molecule has 0 aliphatic carbocycles. The summed E-state index contributed by atoms with van der Waals surface area (Å²) in [5.41, 5.74) is 4.24. The second-order valence-electron chi connectivity index (χ2n) is 5.28. The van der Waals surface area contributed by atoms with Gasteiger partial charge in [-0.2, -0.15) is 40.6 Å². The van der Waals surface area contributed by atoms with E-state index in [1.807, 2.05) is 0 Å². The van der Waals surface area contributed by atoms with E-state index in [1.165, 1.54) is 18.0 Å². The van der Waals surface area contributed by atoms with Crippen molar-refractivity contribution in [2.75, 3.05) is 6.26 Å². The summed E-state index contributed by atoms with van der Waals surface area (Å²) in [5, 5.41) is 25.5. The van der Waals surface area contributed by atoms with Crippen LogP contribution >= 0.6 is 35.0 Å². The molecule has 0 unspecified atom stereocenters. The van der Waals surface area contributed by atoms with Crippen molar-refractivity contribution in [2.24, 2.45) is 10.7 Å². The number of hydrogen-bond donors (Lipinski definition) is 1. The van der Waals surface area contributed by atoms with E-state index in [2.05, 4.69) is 15.2 Å². The van der Waals surface area contributed by atoms with Crippen molar-refractivity contribution in [3.8, 4) is 17.8 Å². The molecule has 1 heterocycles. The Morgan fingerprint density at radius 3 is 2.38 bits per heavy atom. The number of hydrogen-bond acceptors (Lipinski definition) is 7. The Morgan fingerprint density at radius 1 is 1.28 bits per heavy atom. The number of aliphatic imine (C=N–C) groups is 1. The Labute approximate surface area is 177 Å². The third-order valence-electron chi connectivity index (χ3n) is 3.34. The van der Waals surface area contributed by atoms with Crippen molar-refractivity contribution in [3.05, 3.63) is 50.5 Å². The molecular weight excluding hydrogens is 450 g/mol. The number of nitrogens with two attached hydrogens (primary N) is 1. The molecule has 1 aromatic heterocycles.